The van der Waals surface area contributed by atoms with Gasteiger partial charge in [0.25, 0.3) is 0 Å². The normalized spacial score (nSPS) is 39.4. The Morgan fingerprint density at radius 2 is 2.00 bits per heavy atom. The van der Waals surface area contributed by atoms with Gasteiger partial charge < -0.3 is 10.2 Å². The Hall–Kier alpha value is -0.0800. The van der Waals surface area contributed by atoms with Crippen molar-refractivity contribution in [2.75, 3.05) is 26.2 Å². The van der Waals surface area contributed by atoms with Gasteiger partial charge in [0, 0.05) is 19.1 Å². The molecule has 2 nitrogen and oxygen atoms in total. The first-order valence-electron chi connectivity index (χ1n) is 6.37. The van der Waals surface area contributed by atoms with Crippen molar-refractivity contribution >= 4 is 0 Å². The van der Waals surface area contributed by atoms with Crippen molar-refractivity contribution in [1.82, 2.24) is 10.2 Å². The molecule has 0 aromatic carbocycles. The van der Waals surface area contributed by atoms with Crippen LogP contribution in [0.4, 0.5) is 0 Å². The summed E-state index contributed by atoms with van der Waals surface area (Å²) in [4.78, 5) is 2.70. The van der Waals surface area contributed by atoms with Gasteiger partial charge in [-0.1, -0.05) is 0 Å². The molecule has 0 spiro atoms. The molecule has 0 aromatic heterocycles. The number of nitrogens with one attached hydrogen (secondary N) is 1. The summed E-state index contributed by atoms with van der Waals surface area (Å²) >= 11 is 0. The second-order valence-electron chi connectivity index (χ2n) is 5.44. The molecule has 0 aromatic rings. The Balaban J connectivity index is 1.45. The first kappa shape index (κ1) is 9.17. The molecule has 3 rings (SSSR count). The van der Waals surface area contributed by atoms with Crippen LogP contribution >= 0.6 is 0 Å². The smallest absolute Gasteiger partial charge is 0.0195 e. The van der Waals surface area contributed by atoms with Crippen molar-refractivity contribution in [3.8, 4) is 0 Å². The first-order chi connectivity index (χ1) is 6.92. The Morgan fingerprint density at radius 3 is 2.71 bits per heavy atom. The van der Waals surface area contributed by atoms with E-state index in [1.807, 2.05) is 0 Å². The first-order valence-corrected chi connectivity index (χ1v) is 6.37. The predicted octanol–water partition coefficient (Wildman–Crippen LogP) is 1.47. The summed E-state index contributed by atoms with van der Waals surface area (Å²) in [7, 11) is 0. The van der Waals surface area contributed by atoms with Gasteiger partial charge in [-0.05, 0) is 57.0 Å². The van der Waals surface area contributed by atoms with Crippen LogP contribution in [0.15, 0.2) is 0 Å². The Kier molecular flexibility index (Phi) is 2.50. The minimum atomic E-state index is 0.813. The molecule has 2 heterocycles. The minimum Gasteiger partial charge on any atom is -0.313 e. The fraction of sp³-hybridized carbons (Fsp3) is 1.00. The Bertz CT molecular complexity index is 194. The second-order valence-corrected chi connectivity index (χ2v) is 5.44. The molecule has 1 unspecified atom stereocenters. The molecule has 1 N–H and O–H groups in total. The van der Waals surface area contributed by atoms with Crippen LogP contribution in [0.2, 0.25) is 0 Å². The maximum Gasteiger partial charge on any atom is 0.0195 e. The summed E-state index contributed by atoms with van der Waals surface area (Å²) in [5.41, 5.74) is 0. The summed E-state index contributed by atoms with van der Waals surface area (Å²) in [6.45, 7) is 5.36. The van der Waals surface area contributed by atoms with Gasteiger partial charge in [-0.3, -0.25) is 0 Å². The van der Waals surface area contributed by atoms with Gasteiger partial charge in [0.2, 0.25) is 0 Å². The summed E-state index contributed by atoms with van der Waals surface area (Å²) in [5, 5.41) is 3.60. The van der Waals surface area contributed by atoms with Gasteiger partial charge in [-0.2, -0.15) is 0 Å². The topological polar surface area (TPSA) is 15.3 Å². The van der Waals surface area contributed by atoms with Crippen molar-refractivity contribution in [1.29, 1.82) is 0 Å². The maximum absolute atomic E-state index is 3.60. The number of hydrogen-bond acceptors (Lipinski definition) is 2. The SMILES string of the molecule is C1CN[C@@H](CN2CCC(C3CC3)C2)C1. The molecular formula is C12H22N2. The summed E-state index contributed by atoms with van der Waals surface area (Å²) in [6, 6.07) is 0.813. The van der Waals surface area contributed by atoms with E-state index in [4.69, 9.17) is 0 Å². The third-order valence-electron chi connectivity index (χ3n) is 4.24. The fourth-order valence-corrected chi connectivity index (χ4v) is 3.21. The van der Waals surface area contributed by atoms with Crippen LogP contribution in [0.25, 0.3) is 0 Å². The zero-order valence-electron chi connectivity index (χ0n) is 9.04. The van der Waals surface area contributed by atoms with Crippen LogP contribution in [0.5, 0.6) is 0 Å². The predicted molar refractivity (Wildman–Crippen MR) is 58.3 cm³/mol. The third-order valence-corrected chi connectivity index (χ3v) is 4.24. The molecule has 3 fully saturated rings. The van der Waals surface area contributed by atoms with Gasteiger partial charge in [-0.15, -0.1) is 0 Å². The number of nitrogens with zero attached hydrogens (tertiary/aromatic N) is 1. The lowest BCUT2D eigenvalue weighted by Crippen LogP contribution is -2.36. The van der Waals surface area contributed by atoms with Crippen molar-refractivity contribution in [3.05, 3.63) is 0 Å². The van der Waals surface area contributed by atoms with Crippen LogP contribution in [-0.2, 0) is 0 Å². The molecule has 0 radical (unpaired) electrons. The molecule has 80 valence electrons. The van der Waals surface area contributed by atoms with Gasteiger partial charge in [-0.25, -0.2) is 0 Å². The molecule has 2 atom stereocenters. The largest absolute Gasteiger partial charge is 0.313 e. The Morgan fingerprint density at radius 1 is 1.07 bits per heavy atom. The average molecular weight is 194 g/mol. The van der Waals surface area contributed by atoms with E-state index in [-0.39, 0.29) is 0 Å². The van der Waals surface area contributed by atoms with Crippen LogP contribution in [0.3, 0.4) is 0 Å². The maximum atomic E-state index is 3.60. The minimum absolute atomic E-state index is 0.813. The highest BCUT2D eigenvalue weighted by atomic mass is 15.2. The molecular weight excluding hydrogens is 172 g/mol. The van der Waals surface area contributed by atoms with Crippen LogP contribution in [-0.4, -0.2) is 37.1 Å². The highest BCUT2D eigenvalue weighted by molar-refractivity contribution is 4.89. The highest BCUT2D eigenvalue weighted by Crippen LogP contribution is 2.41. The fourth-order valence-electron chi connectivity index (χ4n) is 3.21. The van der Waals surface area contributed by atoms with Gasteiger partial charge in [0.05, 0.1) is 0 Å². The van der Waals surface area contributed by atoms with Crippen LogP contribution in [0.1, 0.15) is 32.1 Å². The van der Waals surface area contributed by atoms with Gasteiger partial charge in [0.15, 0.2) is 0 Å². The molecule has 3 aliphatic rings. The molecule has 1 saturated carbocycles. The number of rotatable bonds is 3. The molecule has 0 amide bonds. The zero-order chi connectivity index (χ0) is 9.38. The number of hydrogen-bond donors (Lipinski definition) is 1. The van der Waals surface area contributed by atoms with Crippen LogP contribution < -0.4 is 5.32 Å². The molecule has 14 heavy (non-hydrogen) atoms. The third kappa shape index (κ3) is 1.96. The number of likely N-dealkylation sites (tertiary alicyclic amines) is 1. The Labute approximate surface area is 87.0 Å². The average Bonchev–Trinajstić information content (AvgIpc) is 2.75. The van der Waals surface area contributed by atoms with Gasteiger partial charge >= 0.3 is 0 Å². The van der Waals surface area contributed by atoms with E-state index in [2.05, 4.69) is 10.2 Å². The monoisotopic (exact) mass is 194 g/mol. The quantitative estimate of drug-likeness (QED) is 0.732. The lowest BCUT2D eigenvalue weighted by molar-refractivity contribution is 0.287. The summed E-state index contributed by atoms with van der Waals surface area (Å²) < 4.78 is 0. The lowest BCUT2D eigenvalue weighted by atomic mass is 10.0. The van der Waals surface area contributed by atoms with Crippen molar-refractivity contribution in [3.63, 3.8) is 0 Å². The molecule has 2 heteroatoms. The van der Waals surface area contributed by atoms with Crippen molar-refractivity contribution in [2.45, 2.75) is 38.1 Å². The molecule has 1 aliphatic carbocycles. The molecule has 2 aliphatic heterocycles. The van der Waals surface area contributed by atoms with E-state index in [9.17, 15) is 0 Å². The van der Waals surface area contributed by atoms with Gasteiger partial charge in [0.1, 0.15) is 0 Å². The van der Waals surface area contributed by atoms with E-state index in [0.29, 0.717) is 0 Å². The van der Waals surface area contributed by atoms with E-state index < -0.39 is 0 Å². The highest BCUT2D eigenvalue weighted by Gasteiger charge is 2.36. The van der Waals surface area contributed by atoms with E-state index in [1.54, 1.807) is 0 Å². The van der Waals surface area contributed by atoms with E-state index >= 15 is 0 Å². The summed E-state index contributed by atoms with van der Waals surface area (Å²) in [6.07, 6.45) is 7.34. The zero-order valence-corrected chi connectivity index (χ0v) is 9.04. The standard InChI is InChI=1S/C12H22N2/c1-2-12(13-6-1)9-14-7-5-11(8-14)10-3-4-10/h10-13H,1-9H2/t11?,12-/m1/s1. The second kappa shape index (κ2) is 3.82. The molecule has 2 saturated heterocycles. The summed E-state index contributed by atoms with van der Waals surface area (Å²) in [5.74, 6) is 2.19. The van der Waals surface area contributed by atoms with E-state index in [1.165, 1.54) is 58.3 Å². The van der Waals surface area contributed by atoms with Crippen molar-refractivity contribution in [2.24, 2.45) is 11.8 Å². The van der Waals surface area contributed by atoms with Crippen LogP contribution in [0, 0.1) is 11.8 Å². The van der Waals surface area contributed by atoms with Crippen molar-refractivity contribution < 1.29 is 0 Å². The lowest BCUT2D eigenvalue weighted by Gasteiger charge is -2.20. The van der Waals surface area contributed by atoms with E-state index in [0.717, 1.165) is 17.9 Å². The molecule has 0 bridgehead atoms.